The number of hydrogen-bond donors (Lipinski definition) is 1. The van der Waals surface area contributed by atoms with E-state index in [1.807, 2.05) is 0 Å². The van der Waals surface area contributed by atoms with E-state index in [1.54, 1.807) is 0 Å². The molecule has 0 aromatic heterocycles. The van der Waals surface area contributed by atoms with E-state index >= 15 is 0 Å². The first-order valence-electron chi connectivity index (χ1n) is 7.01. The number of thiol groups is 1. The molecular formula is C12H30O2SSi2. The second-order valence-corrected chi connectivity index (χ2v) is 13.2. The smallest absolute Gasteiger partial charge is 0.322 e. The van der Waals surface area contributed by atoms with E-state index in [2.05, 4.69) is 34.6 Å². The average molecular weight is 295 g/mol. The molecule has 0 aliphatic carbocycles. The van der Waals surface area contributed by atoms with Gasteiger partial charge in [0.05, 0.1) is 8.07 Å². The third kappa shape index (κ3) is 5.47. The molecular weight excluding hydrogens is 264 g/mol. The van der Waals surface area contributed by atoms with Gasteiger partial charge in [0, 0.05) is 13.2 Å². The maximum absolute atomic E-state index is 5.77. The fourth-order valence-corrected chi connectivity index (χ4v) is 11.6. The highest BCUT2D eigenvalue weighted by Gasteiger charge is 2.36. The quantitative estimate of drug-likeness (QED) is 0.490. The third-order valence-corrected chi connectivity index (χ3v) is 14.8. The molecule has 2 nitrogen and oxygen atoms in total. The van der Waals surface area contributed by atoms with Crippen LogP contribution in [0.1, 0.15) is 34.6 Å². The Morgan fingerprint density at radius 1 is 0.941 bits per heavy atom. The summed E-state index contributed by atoms with van der Waals surface area (Å²) in [5.41, 5.74) is 0. The van der Waals surface area contributed by atoms with Crippen molar-refractivity contribution in [3.05, 3.63) is 0 Å². The summed E-state index contributed by atoms with van der Waals surface area (Å²) >= 11 is 4.91. The van der Waals surface area contributed by atoms with E-state index in [4.69, 9.17) is 21.5 Å². The number of rotatable bonds is 10. The lowest BCUT2D eigenvalue weighted by Gasteiger charge is -2.35. The van der Waals surface area contributed by atoms with Crippen LogP contribution in [0.25, 0.3) is 0 Å². The van der Waals surface area contributed by atoms with Crippen LogP contribution >= 0.6 is 12.6 Å². The average Bonchev–Trinajstić information content (AvgIpc) is 2.32. The monoisotopic (exact) mass is 294 g/mol. The largest absolute Gasteiger partial charge is 0.397 e. The van der Waals surface area contributed by atoms with Gasteiger partial charge in [0.25, 0.3) is 0 Å². The predicted molar refractivity (Wildman–Crippen MR) is 85.2 cm³/mol. The summed E-state index contributed by atoms with van der Waals surface area (Å²) in [7, 11) is -2.68. The molecule has 0 heterocycles. The van der Waals surface area contributed by atoms with Gasteiger partial charge in [0.2, 0.25) is 0 Å². The molecule has 0 unspecified atom stereocenters. The van der Waals surface area contributed by atoms with Crippen molar-refractivity contribution in [2.24, 2.45) is 0 Å². The highest BCUT2D eigenvalue weighted by Crippen LogP contribution is 2.31. The topological polar surface area (TPSA) is 18.5 Å². The van der Waals surface area contributed by atoms with Gasteiger partial charge in [-0.25, -0.2) is 0 Å². The standard InChI is InChI=1S/C12H30O2SSi2/c1-6-13-16(14-7-2)11-12(15)17(8-3,9-4)10-5/h12,15-16H,6-11H2,1-5H3/t12-/m1/s1. The van der Waals surface area contributed by atoms with Crippen LogP contribution in [0, 0.1) is 0 Å². The minimum absolute atomic E-state index is 0.539. The van der Waals surface area contributed by atoms with Crippen LogP contribution in [0.5, 0.6) is 0 Å². The van der Waals surface area contributed by atoms with E-state index in [9.17, 15) is 0 Å². The molecule has 0 aromatic carbocycles. The predicted octanol–water partition coefficient (Wildman–Crippen LogP) is 3.63. The molecule has 0 radical (unpaired) electrons. The number of hydrogen-bond acceptors (Lipinski definition) is 3. The summed E-state index contributed by atoms with van der Waals surface area (Å²) in [6.07, 6.45) is 0. The summed E-state index contributed by atoms with van der Waals surface area (Å²) in [6, 6.07) is 5.06. The third-order valence-electron chi connectivity index (χ3n) is 3.94. The highest BCUT2D eigenvalue weighted by molar-refractivity contribution is 7.83. The Balaban J connectivity index is 4.49. The lowest BCUT2D eigenvalue weighted by atomic mass is 10.9. The SMILES string of the molecule is CCO[SiH](C[C@H](S)[Si](CC)(CC)CC)OCC. The van der Waals surface area contributed by atoms with Crippen LogP contribution in [0.3, 0.4) is 0 Å². The van der Waals surface area contributed by atoms with E-state index in [0.717, 1.165) is 19.3 Å². The highest BCUT2D eigenvalue weighted by atomic mass is 32.1. The molecule has 104 valence electrons. The van der Waals surface area contributed by atoms with Crippen molar-refractivity contribution in [1.82, 2.24) is 0 Å². The Kier molecular flexibility index (Phi) is 10.0. The van der Waals surface area contributed by atoms with Crippen LogP contribution in [0.15, 0.2) is 0 Å². The normalized spacial score (nSPS) is 14.3. The first-order valence-corrected chi connectivity index (χ1v) is 12.0. The van der Waals surface area contributed by atoms with Gasteiger partial charge in [-0.05, 0) is 24.8 Å². The van der Waals surface area contributed by atoms with Crippen LogP contribution < -0.4 is 0 Å². The lowest BCUT2D eigenvalue weighted by molar-refractivity contribution is 0.214. The fourth-order valence-electron chi connectivity index (χ4n) is 2.45. The first-order chi connectivity index (χ1) is 8.10. The minimum atomic E-state index is -1.47. The Hall–Kier alpha value is 0.704. The minimum Gasteiger partial charge on any atom is -0.397 e. The molecule has 0 bridgehead atoms. The molecule has 0 aromatic rings. The Bertz CT molecular complexity index is 175. The zero-order chi connectivity index (χ0) is 13.3. The van der Waals surface area contributed by atoms with Crippen LogP contribution in [-0.4, -0.2) is 35.4 Å². The Morgan fingerprint density at radius 3 is 1.65 bits per heavy atom. The van der Waals surface area contributed by atoms with Gasteiger partial charge in [0.1, 0.15) is 0 Å². The van der Waals surface area contributed by atoms with Crippen molar-refractivity contribution in [2.45, 2.75) is 63.7 Å². The zero-order valence-electron chi connectivity index (χ0n) is 12.2. The Morgan fingerprint density at radius 2 is 1.35 bits per heavy atom. The van der Waals surface area contributed by atoms with Gasteiger partial charge in [0.15, 0.2) is 0 Å². The maximum Gasteiger partial charge on any atom is 0.322 e. The van der Waals surface area contributed by atoms with Gasteiger partial charge in [-0.15, -0.1) is 0 Å². The maximum atomic E-state index is 5.77. The van der Waals surface area contributed by atoms with E-state index in [0.29, 0.717) is 4.87 Å². The van der Waals surface area contributed by atoms with Crippen LogP contribution in [0.2, 0.25) is 24.2 Å². The van der Waals surface area contributed by atoms with E-state index in [-0.39, 0.29) is 0 Å². The summed E-state index contributed by atoms with van der Waals surface area (Å²) < 4.78 is 11.5. The molecule has 0 spiro atoms. The fraction of sp³-hybridized carbons (Fsp3) is 1.00. The van der Waals surface area contributed by atoms with Crippen molar-refractivity contribution in [3.63, 3.8) is 0 Å². The summed E-state index contributed by atoms with van der Waals surface area (Å²) in [4.78, 5) is 0.539. The van der Waals surface area contributed by atoms with E-state index in [1.165, 1.54) is 18.1 Å². The van der Waals surface area contributed by atoms with Crippen molar-refractivity contribution in [1.29, 1.82) is 0 Å². The molecule has 0 aliphatic rings. The van der Waals surface area contributed by atoms with Crippen molar-refractivity contribution in [2.75, 3.05) is 13.2 Å². The van der Waals surface area contributed by atoms with E-state index < -0.39 is 17.4 Å². The molecule has 17 heavy (non-hydrogen) atoms. The van der Waals surface area contributed by atoms with Crippen LogP contribution in [-0.2, 0) is 8.85 Å². The van der Waals surface area contributed by atoms with Crippen molar-refractivity contribution >= 4 is 30.0 Å². The van der Waals surface area contributed by atoms with Gasteiger partial charge in [-0.2, -0.15) is 12.6 Å². The molecule has 0 saturated carbocycles. The second-order valence-electron chi connectivity index (χ2n) is 4.51. The summed E-state index contributed by atoms with van der Waals surface area (Å²) in [5.74, 6) is 0. The first kappa shape index (κ1) is 17.7. The van der Waals surface area contributed by atoms with Gasteiger partial charge in [-0.3, -0.25) is 0 Å². The molecule has 0 saturated heterocycles. The second kappa shape index (κ2) is 9.61. The lowest BCUT2D eigenvalue weighted by Crippen LogP contribution is -2.45. The molecule has 0 aliphatic heterocycles. The van der Waals surface area contributed by atoms with Crippen molar-refractivity contribution < 1.29 is 8.85 Å². The molecule has 0 N–H and O–H groups in total. The van der Waals surface area contributed by atoms with Crippen molar-refractivity contribution in [3.8, 4) is 0 Å². The molecule has 0 rings (SSSR count). The van der Waals surface area contributed by atoms with Gasteiger partial charge in [-0.1, -0.05) is 38.9 Å². The Labute approximate surface area is 116 Å². The zero-order valence-corrected chi connectivity index (χ0v) is 15.2. The molecule has 0 amide bonds. The molecule has 1 atom stereocenters. The summed E-state index contributed by atoms with van der Waals surface area (Å²) in [5, 5.41) is 0. The summed E-state index contributed by atoms with van der Waals surface area (Å²) in [6.45, 7) is 12.7. The van der Waals surface area contributed by atoms with Gasteiger partial charge < -0.3 is 8.85 Å². The van der Waals surface area contributed by atoms with Crippen LogP contribution in [0.4, 0.5) is 0 Å². The molecule has 0 fully saturated rings. The van der Waals surface area contributed by atoms with Gasteiger partial charge >= 0.3 is 9.28 Å². The molecule has 5 heteroatoms.